The number of nitrogens with zero attached hydrogens (tertiary/aromatic N) is 2. The van der Waals surface area contributed by atoms with Gasteiger partial charge in [0.2, 0.25) is 5.91 Å². The SMILES string of the molecule is O=C(CCC(=O)N1CCN(C(=O)c2cc(Cl)cc(Cl)c2)CC1)c1cccs1. The molecular formula is C19H18Cl2N2O3S. The molecule has 1 fully saturated rings. The Morgan fingerprint density at radius 3 is 2.15 bits per heavy atom. The van der Waals surface area contributed by atoms with Crippen LogP contribution in [0.2, 0.25) is 10.0 Å². The number of carbonyl (C=O) groups is 3. The van der Waals surface area contributed by atoms with Crippen molar-refractivity contribution in [3.63, 3.8) is 0 Å². The molecule has 0 radical (unpaired) electrons. The number of carbonyl (C=O) groups excluding carboxylic acids is 3. The summed E-state index contributed by atoms with van der Waals surface area (Å²) in [6.07, 6.45) is 0.397. The molecule has 5 nitrogen and oxygen atoms in total. The van der Waals surface area contributed by atoms with Gasteiger partial charge in [0.25, 0.3) is 5.91 Å². The lowest BCUT2D eigenvalue weighted by Crippen LogP contribution is -2.50. The summed E-state index contributed by atoms with van der Waals surface area (Å²) in [5.41, 5.74) is 0.439. The summed E-state index contributed by atoms with van der Waals surface area (Å²) in [6.45, 7) is 1.78. The fraction of sp³-hybridized carbons (Fsp3) is 0.316. The number of amides is 2. The van der Waals surface area contributed by atoms with Crippen molar-refractivity contribution in [2.24, 2.45) is 0 Å². The van der Waals surface area contributed by atoms with Crippen LogP contribution in [0.15, 0.2) is 35.7 Å². The highest BCUT2D eigenvalue weighted by atomic mass is 35.5. The number of halogens is 2. The Morgan fingerprint density at radius 2 is 1.56 bits per heavy atom. The van der Waals surface area contributed by atoms with Crippen LogP contribution >= 0.6 is 34.5 Å². The average Bonchev–Trinajstić information content (AvgIpc) is 3.19. The molecule has 0 atom stereocenters. The molecule has 0 spiro atoms. The van der Waals surface area contributed by atoms with Gasteiger partial charge in [-0.25, -0.2) is 0 Å². The van der Waals surface area contributed by atoms with E-state index >= 15 is 0 Å². The number of Topliss-reactive ketones (excluding diaryl/α,β-unsaturated/α-hetero) is 1. The summed E-state index contributed by atoms with van der Waals surface area (Å²) < 4.78 is 0. The minimum Gasteiger partial charge on any atom is -0.339 e. The smallest absolute Gasteiger partial charge is 0.254 e. The number of hydrogen-bond acceptors (Lipinski definition) is 4. The molecular weight excluding hydrogens is 407 g/mol. The Morgan fingerprint density at radius 1 is 0.926 bits per heavy atom. The van der Waals surface area contributed by atoms with Gasteiger partial charge in [-0.3, -0.25) is 14.4 Å². The van der Waals surface area contributed by atoms with Crippen molar-refractivity contribution in [3.05, 3.63) is 56.2 Å². The summed E-state index contributed by atoms with van der Waals surface area (Å²) in [5, 5.41) is 2.67. The van der Waals surface area contributed by atoms with Gasteiger partial charge in [0.1, 0.15) is 0 Å². The normalized spacial score (nSPS) is 14.3. The molecule has 0 saturated carbocycles. The lowest BCUT2D eigenvalue weighted by atomic mass is 10.1. The first kappa shape index (κ1) is 19.9. The third-order valence-corrected chi connectivity index (χ3v) is 5.74. The van der Waals surface area contributed by atoms with Crippen LogP contribution < -0.4 is 0 Å². The van der Waals surface area contributed by atoms with E-state index in [1.54, 1.807) is 34.1 Å². The second-order valence-electron chi connectivity index (χ2n) is 6.23. The van der Waals surface area contributed by atoms with Crippen molar-refractivity contribution in [3.8, 4) is 0 Å². The molecule has 1 aliphatic heterocycles. The Bertz CT molecular complexity index is 826. The summed E-state index contributed by atoms with van der Waals surface area (Å²) in [5.74, 6) is -0.220. The number of rotatable bonds is 5. The summed E-state index contributed by atoms with van der Waals surface area (Å²) in [6, 6.07) is 8.34. The average molecular weight is 425 g/mol. The molecule has 27 heavy (non-hydrogen) atoms. The highest BCUT2D eigenvalue weighted by Crippen LogP contribution is 2.21. The van der Waals surface area contributed by atoms with Crippen LogP contribution in [0.25, 0.3) is 0 Å². The number of ketones is 1. The highest BCUT2D eigenvalue weighted by Gasteiger charge is 2.25. The highest BCUT2D eigenvalue weighted by molar-refractivity contribution is 7.12. The topological polar surface area (TPSA) is 57.7 Å². The molecule has 0 aliphatic carbocycles. The van der Waals surface area contributed by atoms with Gasteiger partial charge in [0.15, 0.2) is 5.78 Å². The third-order valence-electron chi connectivity index (χ3n) is 4.39. The van der Waals surface area contributed by atoms with Crippen LogP contribution in [-0.4, -0.2) is 53.6 Å². The zero-order valence-electron chi connectivity index (χ0n) is 14.5. The van der Waals surface area contributed by atoms with Crippen LogP contribution in [0.3, 0.4) is 0 Å². The van der Waals surface area contributed by atoms with E-state index in [0.717, 1.165) is 0 Å². The summed E-state index contributed by atoms with van der Waals surface area (Å²) in [4.78, 5) is 41.0. The van der Waals surface area contributed by atoms with E-state index in [-0.39, 0.29) is 30.4 Å². The predicted octanol–water partition coefficient (Wildman–Crippen LogP) is 4.00. The molecule has 142 valence electrons. The van der Waals surface area contributed by atoms with Gasteiger partial charge in [-0.2, -0.15) is 0 Å². The van der Waals surface area contributed by atoms with Gasteiger partial charge in [-0.1, -0.05) is 29.3 Å². The Kier molecular flexibility index (Phi) is 6.52. The summed E-state index contributed by atoms with van der Waals surface area (Å²) in [7, 11) is 0. The van der Waals surface area contributed by atoms with E-state index in [9.17, 15) is 14.4 Å². The Labute approximate surface area is 171 Å². The monoisotopic (exact) mass is 424 g/mol. The van der Waals surface area contributed by atoms with E-state index in [0.29, 0.717) is 46.7 Å². The second kappa shape index (κ2) is 8.87. The first-order valence-corrected chi connectivity index (χ1v) is 10.2. The lowest BCUT2D eigenvalue weighted by molar-refractivity contribution is -0.132. The van der Waals surface area contributed by atoms with Crippen LogP contribution in [0.1, 0.15) is 32.9 Å². The van der Waals surface area contributed by atoms with Crippen LogP contribution in [0.5, 0.6) is 0 Å². The van der Waals surface area contributed by atoms with Crippen LogP contribution in [-0.2, 0) is 4.79 Å². The third kappa shape index (κ3) is 5.09. The molecule has 8 heteroatoms. The molecule has 1 aromatic carbocycles. The van der Waals surface area contributed by atoms with Crippen molar-refractivity contribution >= 4 is 52.1 Å². The maximum absolute atomic E-state index is 12.6. The van der Waals surface area contributed by atoms with Gasteiger partial charge in [-0.15, -0.1) is 11.3 Å². The predicted molar refractivity (Wildman–Crippen MR) is 107 cm³/mol. The summed E-state index contributed by atoms with van der Waals surface area (Å²) >= 11 is 13.3. The first-order valence-electron chi connectivity index (χ1n) is 8.54. The van der Waals surface area contributed by atoms with Crippen molar-refractivity contribution in [1.82, 2.24) is 9.80 Å². The first-order chi connectivity index (χ1) is 12.9. The molecule has 1 saturated heterocycles. The van der Waals surface area contributed by atoms with E-state index in [1.807, 2.05) is 11.4 Å². The molecule has 1 aromatic heterocycles. The number of thiophene rings is 1. The van der Waals surface area contributed by atoms with Crippen molar-refractivity contribution < 1.29 is 14.4 Å². The molecule has 0 unspecified atom stereocenters. The maximum Gasteiger partial charge on any atom is 0.254 e. The minimum absolute atomic E-state index is 0.00926. The maximum atomic E-state index is 12.6. The van der Waals surface area contributed by atoms with Crippen molar-refractivity contribution in [2.45, 2.75) is 12.8 Å². The quantitative estimate of drug-likeness (QED) is 0.681. The molecule has 0 bridgehead atoms. The molecule has 1 aliphatic rings. The molecule has 0 N–H and O–H groups in total. The zero-order valence-corrected chi connectivity index (χ0v) is 16.8. The number of benzene rings is 1. The Balaban J connectivity index is 1.50. The molecule has 2 heterocycles. The molecule has 2 aromatic rings. The lowest BCUT2D eigenvalue weighted by Gasteiger charge is -2.35. The van der Waals surface area contributed by atoms with Gasteiger partial charge in [-0.05, 0) is 29.6 Å². The van der Waals surface area contributed by atoms with E-state index in [4.69, 9.17) is 23.2 Å². The largest absolute Gasteiger partial charge is 0.339 e. The Hall–Kier alpha value is -1.89. The van der Waals surface area contributed by atoms with E-state index in [1.165, 1.54) is 11.3 Å². The van der Waals surface area contributed by atoms with Crippen molar-refractivity contribution in [2.75, 3.05) is 26.2 Å². The minimum atomic E-state index is -0.153. The molecule has 2 amide bonds. The standard InChI is InChI=1S/C19H18Cl2N2O3S/c20-14-10-13(11-15(21)12-14)19(26)23-7-5-22(6-8-23)18(25)4-3-16(24)17-2-1-9-27-17/h1-2,9-12H,3-8H2. The number of hydrogen-bond donors (Lipinski definition) is 0. The fourth-order valence-corrected chi connectivity index (χ4v) is 4.18. The van der Waals surface area contributed by atoms with Gasteiger partial charge < -0.3 is 9.80 Å². The van der Waals surface area contributed by atoms with E-state index in [2.05, 4.69) is 0 Å². The van der Waals surface area contributed by atoms with Gasteiger partial charge in [0.05, 0.1) is 4.88 Å². The second-order valence-corrected chi connectivity index (χ2v) is 8.05. The van der Waals surface area contributed by atoms with Crippen LogP contribution in [0.4, 0.5) is 0 Å². The van der Waals surface area contributed by atoms with E-state index < -0.39 is 0 Å². The van der Waals surface area contributed by atoms with Crippen LogP contribution in [0, 0.1) is 0 Å². The zero-order chi connectivity index (χ0) is 19.4. The van der Waals surface area contributed by atoms with Gasteiger partial charge >= 0.3 is 0 Å². The van der Waals surface area contributed by atoms with Crippen molar-refractivity contribution in [1.29, 1.82) is 0 Å². The fourth-order valence-electron chi connectivity index (χ4n) is 2.96. The number of piperazine rings is 1. The van der Waals surface area contributed by atoms with Gasteiger partial charge in [0, 0.05) is 54.6 Å². The molecule has 3 rings (SSSR count).